The number of nitrogens with one attached hydrogen (secondary N) is 2. The zero-order valence-corrected chi connectivity index (χ0v) is 17.7. The van der Waals surface area contributed by atoms with Crippen molar-refractivity contribution in [1.82, 2.24) is 15.5 Å². The summed E-state index contributed by atoms with van der Waals surface area (Å²) in [5, 5.41) is 6.05. The first-order valence-electron chi connectivity index (χ1n) is 8.65. The highest BCUT2D eigenvalue weighted by Gasteiger charge is 2.49. The number of halogens is 2. The van der Waals surface area contributed by atoms with Crippen LogP contribution in [0.2, 0.25) is 5.02 Å². The summed E-state index contributed by atoms with van der Waals surface area (Å²) >= 11 is 9.35. The monoisotopic (exact) mass is 463 g/mol. The smallest absolute Gasteiger partial charge is 0.325 e. The largest absolute Gasteiger partial charge is 0.348 e. The number of nitrogens with zero attached hydrogens (tertiary/aromatic N) is 1. The summed E-state index contributed by atoms with van der Waals surface area (Å²) in [5.74, 6) is -0.907. The Hall–Kier alpha value is -2.38. The maximum atomic E-state index is 12.9. The topological polar surface area (TPSA) is 78.5 Å². The van der Waals surface area contributed by atoms with Crippen molar-refractivity contribution in [3.8, 4) is 0 Å². The lowest BCUT2D eigenvalue weighted by Gasteiger charge is -2.22. The van der Waals surface area contributed by atoms with E-state index in [1.807, 2.05) is 12.1 Å². The molecule has 2 atom stereocenters. The van der Waals surface area contributed by atoms with Crippen molar-refractivity contribution in [1.29, 1.82) is 0 Å². The van der Waals surface area contributed by atoms with Gasteiger partial charge in [-0.3, -0.25) is 14.5 Å². The minimum atomic E-state index is -1.22. The molecule has 146 valence electrons. The van der Waals surface area contributed by atoms with Crippen molar-refractivity contribution in [2.24, 2.45) is 0 Å². The Morgan fingerprint density at radius 3 is 2.64 bits per heavy atom. The van der Waals surface area contributed by atoms with Crippen molar-refractivity contribution in [3.05, 3.63) is 69.2 Å². The molecule has 1 aliphatic rings. The number of urea groups is 1. The van der Waals surface area contributed by atoms with E-state index in [0.717, 1.165) is 14.9 Å². The fraction of sp³-hybridized carbons (Fsp3) is 0.250. The van der Waals surface area contributed by atoms with Gasteiger partial charge in [-0.1, -0.05) is 51.8 Å². The molecule has 8 heteroatoms. The van der Waals surface area contributed by atoms with E-state index >= 15 is 0 Å². The molecule has 0 aliphatic carbocycles. The number of hydrogen-bond donors (Lipinski definition) is 2. The third-order valence-electron chi connectivity index (χ3n) is 4.70. The number of benzene rings is 2. The molecule has 2 aromatic rings. The highest BCUT2D eigenvalue weighted by Crippen LogP contribution is 2.30. The molecular formula is C20H19BrClN3O3. The number of amides is 4. The van der Waals surface area contributed by atoms with Gasteiger partial charge in [0.25, 0.3) is 5.91 Å². The van der Waals surface area contributed by atoms with Crippen LogP contribution in [-0.4, -0.2) is 29.3 Å². The Balaban J connectivity index is 1.71. The minimum Gasteiger partial charge on any atom is -0.348 e. The van der Waals surface area contributed by atoms with E-state index in [1.54, 1.807) is 50.2 Å². The summed E-state index contributed by atoms with van der Waals surface area (Å²) in [5.41, 5.74) is 0.243. The summed E-state index contributed by atoms with van der Waals surface area (Å²) in [4.78, 5) is 38.7. The third kappa shape index (κ3) is 4.05. The van der Waals surface area contributed by atoms with Crippen molar-refractivity contribution in [2.75, 3.05) is 6.54 Å². The summed E-state index contributed by atoms with van der Waals surface area (Å²) in [6, 6.07) is 13.4. The van der Waals surface area contributed by atoms with Crippen LogP contribution >= 0.6 is 27.5 Å². The highest BCUT2D eigenvalue weighted by molar-refractivity contribution is 9.10. The first kappa shape index (κ1) is 20.4. The summed E-state index contributed by atoms with van der Waals surface area (Å²) in [6.07, 6.45) is 0. The highest BCUT2D eigenvalue weighted by atomic mass is 79.9. The van der Waals surface area contributed by atoms with E-state index in [2.05, 4.69) is 26.6 Å². The van der Waals surface area contributed by atoms with E-state index in [1.165, 1.54) is 0 Å². The molecule has 4 amide bonds. The summed E-state index contributed by atoms with van der Waals surface area (Å²) < 4.78 is 0.791. The van der Waals surface area contributed by atoms with Gasteiger partial charge in [-0.2, -0.15) is 0 Å². The first-order chi connectivity index (χ1) is 13.2. The van der Waals surface area contributed by atoms with E-state index in [-0.39, 0.29) is 12.6 Å². The Morgan fingerprint density at radius 2 is 1.96 bits per heavy atom. The molecule has 1 fully saturated rings. The van der Waals surface area contributed by atoms with Gasteiger partial charge in [-0.15, -0.1) is 0 Å². The van der Waals surface area contributed by atoms with Crippen LogP contribution < -0.4 is 10.6 Å². The maximum absolute atomic E-state index is 12.9. The van der Waals surface area contributed by atoms with Crippen LogP contribution in [0.5, 0.6) is 0 Å². The lowest BCUT2D eigenvalue weighted by atomic mass is 9.92. The number of rotatable bonds is 5. The van der Waals surface area contributed by atoms with Gasteiger partial charge < -0.3 is 10.6 Å². The normalized spacial score (nSPS) is 20.1. The lowest BCUT2D eigenvalue weighted by Crippen LogP contribution is -2.43. The van der Waals surface area contributed by atoms with Gasteiger partial charge in [-0.05, 0) is 49.2 Å². The Labute approximate surface area is 176 Å². The Kier molecular flexibility index (Phi) is 5.76. The van der Waals surface area contributed by atoms with Crippen LogP contribution in [0.4, 0.5) is 4.79 Å². The first-order valence-corrected chi connectivity index (χ1v) is 9.83. The van der Waals surface area contributed by atoms with Gasteiger partial charge in [0.05, 0.1) is 6.04 Å². The van der Waals surface area contributed by atoms with E-state index in [0.29, 0.717) is 10.6 Å². The SMILES string of the molecule is C[C@H](NC(=O)CN1C(=O)N[C@](C)(c2cccc(Br)c2)C1=O)c1cccc(Cl)c1. The average molecular weight is 465 g/mol. The molecule has 0 unspecified atom stereocenters. The molecule has 1 aliphatic heterocycles. The quantitative estimate of drug-likeness (QED) is 0.662. The van der Waals surface area contributed by atoms with Crippen LogP contribution in [0.15, 0.2) is 53.0 Å². The van der Waals surface area contributed by atoms with Gasteiger partial charge in [0.15, 0.2) is 0 Å². The van der Waals surface area contributed by atoms with E-state index in [9.17, 15) is 14.4 Å². The molecule has 0 saturated carbocycles. The molecule has 1 saturated heterocycles. The number of carbonyl (C=O) groups excluding carboxylic acids is 3. The molecule has 0 radical (unpaired) electrons. The summed E-state index contributed by atoms with van der Waals surface area (Å²) in [6.45, 7) is 3.07. The molecule has 2 aromatic carbocycles. The molecule has 2 N–H and O–H groups in total. The Morgan fingerprint density at radius 1 is 1.25 bits per heavy atom. The molecule has 1 heterocycles. The number of carbonyl (C=O) groups is 3. The number of imide groups is 1. The predicted molar refractivity (Wildman–Crippen MR) is 110 cm³/mol. The van der Waals surface area contributed by atoms with Gasteiger partial charge in [0, 0.05) is 9.50 Å². The predicted octanol–water partition coefficient (Wildman–Crippen LogP) is 3.75. The zero-order valence-electron chi connectivity index (χ0n) is 15.3. The fourth-order valence-electron chi connectivity index (χ4n) is 3.13. The van der Waals surface area contributed by atoms with Gasteiger partial charge in [-0.25, -0.2) is 4.79 Å². The van der Waals surface area contributed by atoms with E-state index < -0.39 is 23.4 Å². The van der Waals surface area contributed by atoms with Crippen molar-refractivity contribution in [3.63, 3.8) is 0 Å². The Bertz CT molecular complexity index is 952. The molecule has 3 rings (SSSR count). The van der Waals surface area contributed by atoms with Gasteiger partial charge in [0.2, 0.25) is 5.91 Å². The molecule has 0 bridgehead atoms. The van der Waals surface area contributed by atoms with Crippen molar-refractivity contribution >= 4 is 45.4 Å². The minimum absolute atomic E-state index is 0.316. The second kappa shape index (κ2) is 7.93. The van der Waals surface area contributed by atoms with Gasteiger partial charge in [0.1, 0.15) is 12.1 Å². The molecule has 0 aromatic heterocycles. The van der Waals surface area contributed by atoms with E-state index in [4.69, 9.17) is 11.6 Å². The van der Waals surface area contributed by atoms with Crippen LogP contribution in [0, 0.1) is 0 Å². The maximum Gasteiger partial charge on any atom is 0.325 e. The third-order valence-corrected chi connectivity index (χ3v) is 5.43. The van der Waals surface area contributed by atoms with Crippen LogP contribution in [0.3, 0.4) is 0 Å². The zero-order chi connectivity index (χ0) is 20.5. The standard InChI is InChI=1S/C20H19BrClN3O3/c1-12(13-5-3-8-16(22)9-13)23-17(26)11-25-18(27)20(2,24-19(25)28)14-6-4-7-15(21)10-14/h3-10,12H,11H2,1-2H3,(H,23,26)(H,24,28)/t12-,20+/m0/s1. The number of hydrogen-bond acceptors (Lipinski definition) is 3. The average Bonchev–Trinajstić information content (AvgIpc) is 2.86. The van der Waals surface area contributed by atoms with Crippen LogP contribution in [0.25, 0.3) is 0 Å². The molecule has 28 heavy (non-hydrogen) atoms. The summed E-state index contributed by atoms with van der Waals surface area (Å²) in [7, 11) is 0. The molecule has 0 spiro atoms. The van der Waals surface area contributed by atoms with Crippen molar-refractivity contribution < 1.29 is 14.4 Å². The molecule has 6 nitrogen and oxygen atoms in total. The van der Waals surface area contributed by atoms with Gasteiger partial charge >= 0.3 is 6.03 Å². The van der Waals surface area contributed by atoms with Crippen LogP contribution in [-0.2, 0) is 15.1 Å². The molecular weight excluding hydrogens is 446 g/mol. The van der Waals surface area contributed by atoms with Crippen molar-refractivity contribution in [2.45, 2.75) is 25.4 Å². The second-order valence-corrected chi connectivity index (χ2v) is 8.15. The fourth-order valence-corrected chi connectivity index (χ4v) is 3.72. The van der Waals surface area contributed by atoms with Crippen LogP contribution in [0.1, 0.15) is 31.0 Å². The lowest BCUT2D eigenvalue weighted by molar-refractivity contribution is -0.135. The second-order valence-electron chi connectivity index (χ2n) is 6.80.